The van der Waals surface area contributed by atoms with Crippen LogP contribution in [0.5, 0.6) is 0 Å². The minimum atomic E-state index is -0.0338. The van der Waals surface area contributed by atoms with Gasteiger partial charge in [0.05, 0.1) is 11.8 Å². The van der Waals surface area contributed by atoms with E-state index in [0.717, 1.165) is 25.6 Å². The maximum absolute atomic E-state index is 11.8. The van der Waals surface area contributed by atoms with Crippen molar-refractivity contribution in [1.29, 1.82) is 0 Å². The van der Waals surface area contributed by atoms with Crippen molar-refractivity contribution in [3.05, 3.63) is 18.0 Å². The molecule has 1 saturated heterocycles. The average Bonchev–Trinajstić information content (AvgIpc) is 2.78. The summed E-state index contributed by atoms with van der Waals surface area (Å²) in [6.45, 7) is 6.27. The van der Waals surface area contributed by atoms with Crippen LogP contribution in [-0.4, -0.2) is 46.8 Å². The van der Waals surface area contributed by atoms with Crippen LogP contribution in [0.1, 0.15) is 30.1 Å². The largest absolute Gasteiger partial charge is 0.351 e. The minimum Gasteiger partial charge on any atom is -0.351 e. The molecule has 0 aromatic carbocycles. The van der Waals surface area contributed by atoms with Crippen LogP contribution < -0.4 is 5.32 Å². The number of carbonyl (C=O) groups is 1. The first-order valence-electron chi connectivity index (χ1n) is 6.64. The number of aromatic nitrogens is 2. The molecule has 1 aromatic heterocycles. The second-order valence-electron chi connectivity index (χ2n) is 5.18. The number of aryl methyl sites for hydroxylation is 1. The Morgan fingerprint density at radius 1 is 1.50 bits per heavy atom. The van der Waals surface area contributed by atoms with Crippen molar-refractivity contribution in [2.45, 2.75) is 19.8 Å². The van der Waals surface area contributed by atoms with Crippen LogP contribution in [0.25, 0.3) is 0 Å². The van der Waals surface area contributed by atoms with Crippen LogP contribution in [0.3, 0.4) is 0 Å². The van der Waals surface area contributed by atoms with Crippen LogP contribution in [-0.2, 0) is 7.05 Å². The summed E-state index contributed by atoms with van der Waals surface area (Å²) in [5.41, 5.74) is 0.629. The molecule has 2 rings (SSSR count). The number of carbonyl (C=O) groups excluding carboxylic acids is 1. The van der Waals surface area contributed by atoms with E-state index in [2.05, 4.69) is 22.2 Å². The van der Waals surface area contributed by atoms with Crippen molar-refractivity contribution in [2.24, 2.45) is 13.0 Å². The highest BCUT2D eigenvalue weighted by molar-refractivity contribution is 5.93. The van der Waals surface area contributed by atoms with Crippen LogP contribution in [0.15, 0.2) is 12.4 Å². The number of piperidine rings is 1. The lowest BCUT2D eigenvalue weighted by Crippen LogP contribution is -2.39. The Labute approximate surface area is 108 Å². The summed E-state index contributed by atoms with van der Waals surface area (Å²) >= 11 is 0. The highest BCUT2D eigenvalue weighted by Crippen LogP contribution is 2.15. The maximum Gasteiger partial charge on any atom is 0.254 e. The molecule has 1 N–H and O–H groups in total. The molecule has 1 amide bonds. The van der Waals surface area contributed by atoms with Gasteiger partial charge in [-0.25, -0.2) is 0 Å². The summed E-state index contributed by atoms with van der Waals surface area (Å²) in [5, 5.41) is 6.93. The van der Waals surface area contributed by atoms with Gasteiger partial charge in [0, 0.05) is 26.3 Å². The molecule has 0 spiro atoms. The van der Waals surface area contributed by atoms with Crippen LogP contribution in [0.4, 0.5) is 0 Å². The van der Waals surface area contributed by atoms with Gasteiger partial charge in [0.25, 0.3) is 5.91 Å². The maximum atomic E-state index is 11.8. The molecule has 5 heteroatoms. The first kappa shape index (κ1) is 13.1. The number of amides is 1. The fourth-order valence-electron chi connectivity index (χ4n) is 2.25. The minimum absolute atomic E-state index is 0.0338. The zero-order valence-electron chi connectivity index (χ0n) is 11.2. The molecule has 0 unspecified atom stereocenters. The zero-order valence-corrected chi connectivity index (χ0v) is 11.2. The van der Waals surface area contributed by atoms with E-state index in [0.29, 0.717) is 12.1 Å². The summed E-state index contributed by atoms with van der Waals surface area (Å²) in [7, 11) is 1.81. The Morgan fingerprint density at radius 3 is 2.83 bits per heavy atom. The molecule has 0 aliphatic carbocycles. The summed E-state index contributed by atoms with van der Waals surface area (Å²) in [6.07, 6.45) is 5.88. The van der Waals surface area contributed by atoms with Crippen molar-refractivity contribution in [3.8, 4) is 0 Å². The second kappa shape index (κ2) is 6.00. The Kier molecular flexibility index (Phi) is 4.36. The number of nitrogens with zero attached hydrogens (tertiary/aromatic N) is 3. The lowest BCUT2D eigenvalue weighted by Gasteiger charge is -2.30. The molecule has 0 radical (unpaired) electrons. The van der Waals surface area contributed by atoms with Crippen LogP contribution >= 0.6 is 0 Å². The second-order valence-corrected chi connectivity index (χ2v) is 5.18. The van der Waals surface area contributed by atoms with Gasteiger partial charge >= 0.3 is 0 Å². The number of nitrogens with one attached hydrogen (secondary N) is 1. The standard InChI is InChI=1S/C13H22N4O/c1-11-3-6-17(7-4-11)8-5-14-13(18)12-9-15-16(2)10-12/h9-11H,3-8H2,1-2H3,(H,14,18). The number of rotatable bonds is 4. The van der Waals surface area contributed by atoms with E-state index in [9.17, 15) is 4.79 Å². The van der Waals surface area contributed by atoms with Gasteiger partial charge in [-0.1, -0.05) is 6.92 Å². The van der Waals surface area contributed by atoms with Gasteiger partial charge in [-0.05, 0) is 31.8 Å². The van der Waals surface area contributed by atoms with Gasteiger partial charge in [0.15, 0.2) is 0 Å². The quantitative estimate of drug-likeness (QED) is 0.863. The van der Waals surface area contributed by atoms with Gasteiger partial charge in [-0.15, -0.1) is 0 Å². The molecule has 1 aromatic rings. The summed E-state index contributed by atoms with van der Waals surface area (Å²) in [6, 6.07) is 0. The fraction of sp³-hybridized carbons (Fsp3) is 0.692. The van der Waals surface area contributed by atoms with Gasteiger partial charge < -0.3 is 10.2 Å². The Morgan fingerprint density at radius 2 is 2.22 bits per heavy atom. The zero-order chi connectivity index (χ0) is 13.0. The van der Waals surface area contributed by atoms with Crippen molar-refractivity contribution in [1.82, 2.24) is 20.0 Å². The van der Waals surface area contributed by atoms with Gasteiger partial charge in [0.2, 0.25) is 0 Å². The molecular formula is C13H22N4O. The average molecular weight is 250 g/mol. The molecule has 100 valence electrons. The molecule has 0 saturated carbocycles. The Balaban J connectivity index is 1.67. The Bertz CT molecular complexity index is 393. The van der Waals surface area contributed by atoms with Crippen molar-refractivity contribution in [2.75, 3.05) is 26.2 Å². The third-order valence-electron chi connectivity index (χ3n) is 3.56. The molecule has 0 atom stereocenters. The van der Waals surface area contributed by atoms with Crippen LogP contribution in [0.2, 0.25) is 0 Å². The third-order valence-corrected chi connectivity index (χ3v) is 3.56. The highest BCUT2D eigenvalue weighted by atomic mass is 16.1. The smallest absolute Gasteiger partial charge is 0.254 e. The van der Waals surface area contributed by atoms with E-state index >= 15 is 0 Å². The van der Waals surface area contributed by atoms with E-state index in [4.69, 9.17) is 0 Å². The normalized spacial score (nSPS) is 17.9. The Hall–Kier alpha value is -1.36. The summed E-state index contributed by atoms with van der Waals surface area (Å²) in [4.78, 5) is 14.2. The molecule has 18 heavy (non-hydrogen) atoms. The van der Waals surface area contributed by atoms with Crippen LogP contribution in [0, 0.1) is 5.92 Å². The number of hydrogen-bond donors (Lipinski definition) is 1. The summed E-state index contributed by atoms with van der Waals surface area (Å²) in [5.74, 6) is 0.819. The van der Waals surface area contributed by atoms with E-state index in [1.165, 1.54) is 12.8 Å². The molecule has 1 fully saturated rings. The number of likely N-dealkylation sites (tertiary alicyclic amines) is 1. The fourth-order valence-corrected chi connectivity index (χ4v) is 2.25. The monoisotopic (exact) mass is 250 g/mol. The first-order valence-corrected chi connectivity index (χ1v) is 6.64. The lowest BCUT2D eigenvalue weighted by molar-refractivity contribution is 0.0944. The number of hydrogen-bond acceptors (Lipinski definition) is 3. The SMILES string of the molecule is CC1CCN(CCNC(=O)c2cnn(C)c2)CC1. The highest BCUT2D eigenvalue weighted by Gasteiger charge is 2.15. The molecule has 1 aliphatic heterocycles. The van der Waals surface area contributed by atoms with E-state index in [-0.39, 0.29) is 5.91 Å². The van der Waals surface area contributed by atoms with E-state index in [1.54, 1.807) is 17.1 Å². The van der Waals surface area contributed by atoms with E-state index in [1.807, 2.05) is 7.05 Å². The first-order chi connectivity index (χ1) is 8.65. The van der Waals surface area contributed by atoms with Crippen molar-refractivity contribution in [3.63, 3.8) is 0 Å². The predicted octanol–water partition coefficient (Wildman–Crippen LogP) is 0.882. The molecule has 0 bridgehead atoms. The van der Waals surface area contributed by atoms with Crippen molar-refractivity contribution < 1.29 is 4.79 Å². The van der Waals surface area contributed by atoms with Gasteiger partial charge in [0.1, 0.15) is 0 Å². The van der Waals surface area contributed by atoms with Gasteiger partial charge in [-0.2, -0.15) is 5.10 Å². The molecule has 2 heterocycles. The molecule has 5 nitrogen and oxygen atoms in total. The summed E-state index contributed by atoms with van der Waals surface area (Å²) < 4.78 is 1.64. The molecule has 1 aliphatic rings. The predicted molar refractivity (Wildman–Crippen MR) is 70.4 cm³/mol. The lowest BCUT2D eigenvalue weighted by atomic mass is 9.99. The topological polar surface area (TPSA) is 50.2 Å². The van der Waals surface area contributed by atoms with Gasteiger partial charge in [-0.3, -0.25) is 9.48 Å². The molecular weight excluding hydrogens is 228 g/mol. The third kappa shape index (κ3) is 3.57. The van der Waals surface area contributed by atoms with Crippen molar-refractivity contribution >= 4 is 5.91 Å². The van der Waals surface area contributed by atoms with E-state index < -0.39 is 0 Å².